The van der Waals surface area contributed by atoms with Gasteiger partial charge in [0, 0.05) is 13.6 Å². The minimum absolute atomic E-state index is 0.440. The average molecular weight is 256 g/mol. The maximum Gasteiger partial charge on any atom is 0.317 e. The highest BCUT2D eigenvalue weighted by atomic mass is 19.3. The molecule has 18 heavy (non-hydrogen) atoms. The molecule has 0 radical (unpaired) electrons. The molecule has 2 amide bonds. The molecule has 1 aromatic carbocycles. The number of benzene rings is 1. The standard InChI is InChI=1S/C13H18F2N2O/c1-10-4-3-5-11(8-10)6-7-16-13(18)17(2)9-12(14)15/h3-5,8,12H,6-7,9H2,1-2H3,(H,16,18). The Balaban J connectivity index is 2.31. The fourth-order valence-electron chi connectivity index (χ4n) is 1.61. The summed E-state index contributed by atoms with van der Waals surface area (Å²) >= 11 is 0. The van der Waals surface area contributed by atoms with Crippen LogP contribution in [0.5, 0.6) is 0 Å². The van der Waals surface area contributed by atoms with Crippen LogP contribution in [0.15, 0.2) is 24.3 Å². The van der Waals surface area contributed by atoms with Gasteiger partial charge in [0.2, 0.25) is 0 Å². The van der Waals surface area contributed by atoms with Gasteiger partial charge < -0.3 is 10.2 Å². The molecule has 0 aliphatic rings. The van der Waals surface area contributed by atoms with Crippen LogP contribution in [-0.4, -0.2) is 37.5 Å². The average Bonchev–Trinajstić information content (AvgIpc) is 2.28. The van der Waals surface area contributed by atoms with Gasteiger partial charge in [-0.15, -0.1) is 0 Å². The zero-order chi connectivity index (χ0) is 13.5. The van der Waals surface area contributed by atoms with Crippen LogP contribution in [0.2, 0.25) is 0 Å². The molecule has 0 saturated carbocycles. The molecule has 0 unspecified atom stereocenters. The van der Waals surface area contributed by atoms with E-state index in [1.54, 1.807) is 0 Å². The number of rotatable bonds is 5. The van der Waals surface area contributed by atoms with Crippen molar-refractivity contribution < 1.29 is 13.6 Å². The zero-order valence-electron chi connectivity index (χ0n) is 10.6. The molecule has 1 N–H and O–H groups in total. The van der Waals surface area contributed by atoms with Gasteiger partial charge in [0.1, 0.15) is 0 Å². The van der Waals surface area contributed by atoms with Crippen LogP contribution in [0.1, 0.15) is 11.1 Å². The summed E-state index contributed by atoms with van der Waals surface area (Å²) < 4.78 is 24.1. The molecule has 100 valence electrons. The highest BCUT2D eigenvalue weighted by Crippen LogP contribution is 2.04. The van der Waals surface area contributed by atoms with Crippen molar-refractivity contribution in [3.05, 3.63) is 35.4 Å². The maximum atomic E-state index is 12.1. The predicted molar refractivity (Wildman–Crippen MR) is 66.9 cm³/mol. The van der Waals surface area contributed by atoms with E-state index in [9.17, 15) is 13.6 Å². The molecule has 0 fully saturated rings. The summed E-state index contributed by atoms with van der Waals surface area (Å²) in [6.45, 7) is 1.89. The Morgan fingerprint density at radius 1 is 1.44 bits per heavy atom. The number of hydrogen-bond acceptors (Lipinski definition) is 1. The van der Waals surface area contributed by atoms with Gasteiger partial charge in [-0.2, -0.15) is 0 Å². The molecule has 0 aliphatic carbocycles. The van der Waals surface area contributed by atoms with Gasteiger partial charge in [-0.25, -0.2) is 13.6 Å². The first-order chi connectivity index (χ1) is 8.49. The number of alkyl halides is 2. The van der Waals surface area contributed by atoms with Crippen molar-refractivity contribution in [3.8, 4) is 0 Å². The molecule has 0 aromatic heterocycles. The van der Waals surface area contributed by atoms with E-state index in [2.05, 4.69) is 5.32 Å². The smallest absolute Gasteiger partial charge is 0.317 e. The number of aryl methyl sites for hydroxylation is 1. The van der Waals surface area contributed by atoms with Crippen LogP contribution in [0.25, 0.3) is 0 Å². The Morgan fingerprint density at radius 2 is 2.17 bits per heavy atom. The van der Waals surface area contributed by atoms with E-state index in [4.69, 9.17) is 0 Å². The fraction of sp³-hybridized carbons (Fsp3) is 0.462. The highest BCUT2D eigenvalue weighted by molar-refractivity contribution is 5.73. The summed E-state index contributed by atoms with van der Waals surface area (Å²) in [4.78, 5) is 12.4. The third kappa shape index (κ3) is 5.12. The predicted octanol–water partition coefficient (Wildman–Crippen LogP) is 2.44. The van der Waals surface area contributed by atoms with E-state index >= 15 is 0 Å². The normalized spacial score (nSPS) is 10.5. The molecule has 0 heterocycles. The van der Waals surface area contributed by atoms with Gasteiger partial charge in [-0.3, -0.25) is 0 Å². The van der Waals surface area contributed by atoms with E-state index in [1.165, 1.54) is 7.05 Å². The van der Waals surface area contributed by atoms with Crippen LogP contribution < -0.4 is 5.32 Å². The quantitative estimate of drug-likeness (QED) is 0.862. The minimum atomic E-state index is -2.50. The summed E-state index contributed by atoms with van der Waals surface area (Å²) in [6, 6.07) is 7.49. The maximum absolute atomic E-state index is 12.1. The Bertz CT molecular complexity index is 396. The number of halogens is 2. The number of nitrogens with one attached hydrogen (secondary N) is 1. The van der Waals surface area contributed by atoms with Crippen molar-refractivity contribution in [1.82, 2.24) is 10.2 Å². The first-order valence-electron chi connectivity index (χ1n) is 5.81. The fourth-order valence-corrected chi connectivity index (χ4v) is 1.61. The van der Waals surface area contributed by atoms with Crippen molar-refractivity contribution >= 4 is 6.03 Å². The first-order valence-corrected chi connectivity index (χ1v) is 5.81. The molecule has 5 heteroatoms. The Kier molecular flexibility index (Phi) is 5.55. The van der Waals surface area contributed by atoms with Crippen molar-refractivity contribution in [2.45, 2.75) is 19.8 Å². The first kappa shape index (κ1) is 14.4. The summed E-state index contributed by atoms with van der Waals surface area (Å²) in [6.07, 6.45) is -1.81. The summed E-state index contributed by atoms with van der Waals surface area (Å²) in [7, 11) is 1.36. The van der Waals surface area contributed by atoms with Crippen LogP contribution in [0.3, 0.4) is 0 Å². The molecule has 0 bridgehead atoms. The number of urea groups is 1. The lowest BCUT2D eigenvalue weighted by atomic mass is 10.1. The van der Waals surface area contributed by atoms with Gasteiger partial charge in [0.15, 0.2) is 0 Å². The summed E-state index contributed by atoms with van der Waals surface area (Å²) in [5.74, 6) is 0. The molecule has 0 spiro atoms. The number of nitrogens with zero attached hydrogens (tertiary/aromatic N) is 1. The van der Waals surface area contributed by atoms with Crippen molar-refractivity contribution in [3.63, 3.8) is 0 Å². The van der Waals surface area contributed by atoms with E-state index in [-0.39, 0.29) is 0 Å². The van der Waals surface area contributed by atoms with Gasteiger partial charge in [-0.05, 0) is 18.9 Å². The second-order valence-corrected chi connectivity index (χ2v) is 4.24. The minimum Gasteiger partial charge on any atom is -0.338 e. The molecular weight excluding hydrogens is 238 g/mol. The monoisotopic (exact) mass is 256 g/mol. The van der Waals surface area contributed by atoms with E-state index < -0.39 is 19.0 Å². The van der Waals surface area contributed by atoms with Crippen molar-refractivity contribution in [1.29, 1.82) is 0 Å². The SMILES string of the molecule is Cc1cccc(CCNC(=O)N(C)CC(F)F)c1. The molecule has 0 atom stereocenters. The number of carbonyl (C=O) groups is 1. The topological polar surface area (TPSA) is 32.3 Å². The lowest BCUT2D eigenvalue weighted by molar-refractivity contribution is 0.108. The van der Waals surface area contributed by atoms with Crippen LogP contribution in [-0.2, 0) is 6.42 Å². The number of amides is 2. The summed E-state index contributed by atoms with van der Waals surface area (Å²) in [5.41, 5.74) is 2.28. The second-order valence-electron chi connectivity index (χ2n) is 4.24. The van der Waals surface area contributed by atoms with Crippen LogP contribution in [0.4, 0.5) is 13.6 Å². The molecule has 0 aliphatic heterocycles. The highest BCUT2D eigenvalue weighted by Gasteiger charge is 2.12. The Labute approximate surface area is 106 Å². The summed E-state index contributed by atoms with van der Waals surface area (Å²) in [5, 5.41) is 2.61. The molecule has 3 nitrogen and oxygen atoms in total. The lowest BCUT2D eigenvalue weighted by Crippen LogP contribution is -2.40. The third-order valence-electron chi connectivity index (χ3n) is 2.53. The van der Waals surface area contributed by atoms with Crippen LogP contribution in [0, 0.1) is 6.92 Å². The van der Waals surface area contributed by atoms with E-state index in [1.807, 2.05) is 31.2 Å². The lowest BCUT2D eigenvalue weighted by Gasteiger charge is -2.17. The third-order valence-corrected chi connectivity index (χ3v) is 2.53. The molecule has 1 rings (SSSR count). The molecular formula is C13H18F2N2O. The van der Waals surface area contributed by atoms with Crippen LogP contribution >= 0.6 is 0 Å². The van der Waals surface area contributed by atoms with Gasteiger partial charge in [0.25, 0.3) is 6.43 Å². The van der Waals surface area contributed by atoms with Crippen molar-refractivity contribution in [2.24, 2.45) is 0 Å². The molecule has 0 saturated heterocycles. The second kappa shape index (κ2) is 6.93. The Morgan fingerprint density at radius 3 is 2.78 bits per heavy atom. The van der Waals surface area contributed by atoms with Crippen molar-refractivity contribution in [2.75, 3.05) is 20.1 Å². The largest absolute Gasteiger partial charge is 0.338 e. The number of carbonyl (C=O) groups excluding carboxylic acids is 1. The van der Waals surface area contributed by atoms with E-state index in [0.717, 1.165) is 16.0 Å². The molecule has 1 aromatic rings. The van der Waals surface area contributed by atoms with E-state index in [0.29, 0.717) is 13.0 Å². The zero-order valence-corrected chi connectivity index (χ0v) is 10.6. The van der Waals surface area contributed by atoms with Gasteiger partial charge in [0.05, 0.1) is 6.54 Å². The van der Waals surface area contributed by atoms with Gasteiger partial charge >= 0.3 is 6.03 Å². The van der Waals surface area contributed by atoms with Gasteiger partial charge in [-0.1, -0.05) is 29.8 Å². The Hall–Kier alpha value is -1.65. The number of hydrogen-bond donors (Lipinski definition) is 1.